The second-order valence-corrected chi connectivity index (χ2v) is 4.77. The molecule has 2 rings (SSSR count). The minimum atomic E-state index is 0.695. The van der Waals surface area contributed by atoms with E-state index in [1.807, 2.05) is 6.20 Å². The first kappa shape index (κ1) is 10.7. The Kier molecular flexibility index (Phi) is 3.41. The minimum Gasteiger partial charge on any atom is -0.303 e. The quantitative estimate of drug-likeness (QED) is 0.822. The summed E-state index contributed by atoms with van der Waals surface area (Å²) < 4.78 is 0. The van der Waals surface area contributed by atoms with Gasteiger partial charge in [0.25, 0.3) is 0 Å². The number of nitrogens with one attached hydrogen (secondary N) is 1. The first-order chi connectivity index (χ1) is 7.25. The Morgan fingerprint density at radius 3 is 2.73 bits per heavy atom. The van der Waals surface area contributed by atoms with Gasteiger partial charge >= 0.3 is 0 Å². The van der Waals surface area contributed by atoms with Gasteiger partial charge in [-0.1, -0.05) is 13.8 Å². The van der Waals surface area contributed by atoms with Crippen LogP contribution in [0.5, 0.6) is 0 Å². The molecule has 1 N–H and O–H groups in total. The van der Waals surface area contributed by atoms with Gasteiger partial charge in [-0.3, -0.25) is 5.10 Å². The lowest BCUT2D eigenvalue weighted by atomic mass is 9.93. The van der Waals surface area contributed by atoms with Crippen LogP contribution in [0.3, 0.4) is 0 Å². The summed E-state index contributed by atoms with van der Waals surface area (Å²) in [6, 6.07) is 2.11. The van der Waals surface area contributed by atoms with Crippen LogP contribution in [-0.4, -0.2) is 34.7 Å². The number of hydrogen-bond donors (Lipinski definition) is 1. The molecular weight excluding hydrogens is 186 g/mol. The van der Waals surface area contributed by atoms with Gasteiger partial charge in [0.1, 0.15) is 0 Å². The number of likely N-dealkylation sites (tertiary alicyclic amines) is 1. The number of H-pyrrole nitrogens is 1. The fourth-order valence-electron chi connectivity index (χ4n) is 2.34. The van der Waals surface area contributed by atoms with Gasteiger partial charge in [-0.25, -0.2) is 0 Å². The molecule has 3 nitrogen and oxygen atoms in total. The lowest BCUT2D eigenvalue weighted by Gasteiger charge is -2.32. The Morgan fingerprint density at radius 2 is 2.20 bits per heavy atom. The number of aromatic nitrogens is 2. The number of rotatable bonds is 3. The van der Waals surface area contributed by atoms with Gasteiger partial charge in [-0.15, -0.1) is 0 Å². The van der Waals surface area contributed by atoms with Crippen LogP contribution >= 0.6 is 0 Å². The summed E-state index contributed by atoms with van der Waals surface area (Å²) in [5.41, 5.74) is 1.31. The van der Waals surface area contributed by atoms with Crippen LogP contribution in [0.25, 0.3) is 0 Å². The molecule has 0 amide bonds. The molecule has 1 aliphatic heterocycles. The highest BCUT2D eigenvalue weighted by Gasteiger charge is 2.21. The van der Waals surface area contributed by atoms with E-state index >= 15 is 0 Å². The Bertz CT molecular complexity index is 271. The summed E-state index contributed by atoms with van der Waals surface area (Å²) in [6.07, 6.45) is 4.37. The molecule has 15 heavy (non-hydrogen) atoms. The average molecular weight is 206 g/mol. The van der Waals surface area contributed by atoms with Crippen LogP contribution in [0.2, 0.25) is 0 Å². The van der Waals surface area contributed by atoms with Crippen LogP contribution in [0.1, 0.15) is 38.3 Å². The summed E-state index contributed by atoms with van der Waals surface area (Å²) in [5, 5.41) is 7.11. The van der Waals surface area contributed by atoms with Gasteiger partial charge in [-0.05, 0) is 37.9 Å². The maximum atomic E-state index is 4.02. The van der Waals surface area contributed by atoms with Gasteiger partial charge < -0.3 is 4.90 Å². The lowest BCUT2D eigenvalue weighted by molar-refractivity contribution is 0.218. The van der Waals surface area contributed by atoms with Crippen molar-refractivity contribution in [3.05, 3.63) is 23.9 Å². The summed E-state index contributed by atoms with van der Waals surface area (Å²) >= 11 is 0. The molecule has 83 valence electrons. The molecule has 0 spiro atoms. The Labute approximate surface area is 91.9 Å². The molecule has 1 radical (unpaired) electrons. The fourth-order valence-corrected chi connectivity index (χ4v) is 2.34. The second-order valence-electron chi connectivity index (χ2n) is 4.77. The molecular formula is C12H20N3. The van der Waals surface area contributed by atoms with E-state index in [-0.39, 0.29) is 0 Å². The number of nitrogens with zero attached hydrogens (tertiary/aromatic N) is 2. The van der Waals surface area contributed by atoms with Crippen molar-refractivity contribution < 1.29 is 0 Å². The third-order valence-corrected chi connectivity index (χ3v) is 3.09. The number of aromatic amines is 1. The van der Waals surface area contributed by atoms with E-state index in [0.717, 1.165) is 6.54 Å². The highest BCUT2D eigenvalue weighted by Crippen LogP contribution is 2.26. The standard InChI is InChI=1S/C12H20N3/c1-10(2)9-15-7-4-11(5-8-15)12-3-6-13-14-12/h3,6,11H,4-5,7-9H2,1-2H3,(H,13,14). The molecule has 1 aliphatic rings. The first-order valence-electron chi connectivity index (χ1n) is 5.76. The van der Waals surface area contributed by atoms with Crippen molar-refractivity contribution in [3.63, 3.8) is 0 Å². The molecule has 0 aromatic carbocycles. The highest BCUT2D eigenvalue weighted by molar-refractivity contribution is 5.07. The van der Waals surface area contributed by atoms with E-state index in [1.54, 1.807) is 0 Å². The van der Waals surface area contributed by atoms with Crippen molar-refractivity contribution in [2.75, 3.05) is 19.6 Å². The van der Waals surface area contributed by atoms with E-state index in [2.05, 4.69) is 35.0 Å². The summed E-state index contributed by atoms with van der Waals surface area (Å²) in [4.78, 5) is 2.54. The van der Waals surface area contributed by atoms with Crippen LogP contribution in [0.4, 0.5) is 0 Å². The Morgan fingerprint density at radius 1 is 1.47 bits per heavy atom. The molecule has 0 saturated carbocycles. The molecule has 0 bridgehead atoms. The van der Waals surface area contributed by atoms with E-state index in [9.17, 15) is 0 Å². The summed E-state index contributed by atoms with van der Waals surface area (Å²) in [6.45, 7) is 8.02. The molecule has 0 atom stereocenters. The zero-order valence-electron chi connectivity index (χ0n) is 9.66. The van der Waals surface area contributed by atoms with Crippen molar-refractivity contribution in [2.24, 2.45) is 0 Å². The zero-order chi connectivity index (χ0) is 10.7. The second kappa shape index (κ2) is 4.79. The predicted octanol–water partition coefficient (Wildman–Crippen LogP) is 2.20. The van der Waals surface area contributed by atoms with Crippen molar-refractivity contribution in [1.82, 2.24) is 15.1 Å². The topological polar surface area (TPSA) is 31.9 Å². The van der Waals surface area contributed by atoms with Crippen molar-refractivity contribution >= 4 is 0 Å². The molecule has 1 aromatic heterocycles. The average Bonchev–Trinajstić information content (AvgIpc) is 2.71. The smallest absolute Gasteiger partial charge is 0.0490 e. The van der Waals surface area contributed by atoms with Crippen molar-refractivity contribution in [3.8, 4) is 0 Å². The Hall–Kier alpha value is -0.830. The highest BCUT2D eigenvalue weighted by atomic mass is 15.1. The van der Waals surface area contributed by atoms with Crippen LogP contribution in [-0.2, 0) is 0 Å². The largest absolute Gasteiger partial charge is 0.303 e. The molecule has 2 heterocycles. The van der Waals surface area contributed by atoms with Gasteiger partial charge in [0.15, 0.2) is 0 Å². The molecule has 1 saturated heterocycles. The van der Waals surface area contributed by atoms with Crippen LogP contribution in [0.15, 0.2) is 12.3 Å². The zero-order valence-corrected chi connectivity index (χ0v) is 9.66. The van der Waals surface area contributed by atoms with E-state index in [4.69, 9.17) is 0 Å². The first-order valence-corrected chi connectivity index (χ1v) is 5.76. The minimum absolute atomic E-state index is 0.695. The molecule has 0 unspecified atom stereocenters. The summed E-state index contributed by atoms with van der Waals surface area (Å²) in [5.74, 6) is 2.20. The van der Waals surface area contributed by atoms with Crippen molar-refractivity contribution in [2.45, 2.75) is 32.6 Å². The molecule has 1 aromatic rings. The molecule has 3 heteroatoms. The van der Waals surface area contributed by atoms with Gasteiger partial charge in [0.05, 0.1) is 0 Å². The van der Waals surface area contributed by atoms with Gasteiger partial charge in [0.2, 0.25) is 0 Å². The molecule has 1 fully saturated rings. The SMILES string of the molecule is C[C](C)CN1CCC(c2ccn[nH]2)CC1. The van der Waals surface area contributed by atoms with E-state index in [1.165, 1.54) is 37.5 Å². The van der Waals surface area contributed by atoms with Crippen molar-refractivity contribution in [1.29, 1.82) is 0 Å². The number of hydrogen-bond acceptors (Lipinski definition) is 2. The van der Waals surface area contributed by atoms with E-state index in [0.29, 0.717) is 5.92 Å². The maximum Gasteiger partial charge on any atom is 0.0490 e. The third-order valence-electron chi connectivity index (χ3n) is 3.09. The fraction of sp³-hybridized carbons (Fsp3) is 0.667. The molecule has 0 aliphatic carbocycles. The van der Waals surface area contributed by atoms with E-state index < -0.39 is 0 Å². The third kappa shape index (κ3) is 2.81. The Balaban J connectivity index is 1.82. The number of piperidine rings is 1. The van der Waals surface area contributed by atoms with Crippen LogP contribution in [0, 0.1) is 5.92 Å². The maximum absolute atomic E-state index is 4.02. The summed E-state index contributed by atoms with van der Waals surface area (Å²) in [7, 11) is 0. The van der Waals surface area contributed by atoms with Gasteiger partial charge in [-0.2, -0.15) is 5.10 Å². The lowest BCUT2D eigenvalue weighted by Crippen LogP contribution is -2.35. The van der Waals surface area contributed by atoms with Gasteiger partial charge in [0, 0.05) is 24.4 Å². The monoisotopic (exact) mass is 206 g/mol. The normalized spacial score (nSPS) is 19.9. The van der Waals surface area contributed by atoms with Crippen LogP contribution < -0.4 is 0 Å². The predicted molar refractivity (Wildman–Crippen MR) is 61.6 cm³/mol.